The predicted molar refractivity (Wildman–Crippen MR) is 113 cm³/mol. The maximum Gasteiger partial charge on any atom is 0.243 e. The van der Waals surface area contributed by atoms with Crippen LogP contribution in [0.3, 0.4) is 0 Å². The molecule has 1 aliphatic heterocycles. The average Bonchev–Trinajstić information content (AvgIpc) is 3.21. The van der Waals surface area contributed by atoms with E-state index in [9.17, 15) is 13.2 Å². The molecular weight excluding hydrogens is 392 g/mol. The molecule has 3 rings (SSSR count). The summed E-state index contributed by atoms with van der Waals surface area (Å²) in [5.41, 5.74) is 1.12. The molecule has 2 heterocycles. The highest BCUT2D eigenvalue weighted by molar-refractivity contribution is 7.89. The molecule has 1 aromatic heterocycles. The first kappa shape index (κ1) is 21.0. The molecule has 1 N–H and O–H groups in total. The monoisotopic (exact) mass is 420 g/mol. The number of amides is 1. The number of hydrogen-bond acceptors (Lipinski definition) is 4. The van der Waals surface area contributed by atoms with Crippen LogP contribution in [0.1, 0.15) is 43.0 Å². The van der Waals surface area contributed by atoms with Crippen molar-refractivity contribution in [3.8, 4) is 0 Å². The molecule has 1 amide bonds. The molecule has 152 valence electrons. The van der Waals surface area contributed by atoms with Crippen LogP contribution in [0.5, 0.6) is 0 Å². The average molecular weight is 421 g/mol. The lowest BCUT2D eigenvalue weighted by atomic mass is 9.97. The fourth-order valence-electron chi connectivity index (χ4n) is 3.44. The number of hydrogen-bond donors (Lipinski definition) is 1. The van der Waals surface area contributed by atoms with Crippen molar-refractivity contribution in [1.82, 2.24) is 9.62 Å². The van der Waals surface area contributed by atoms with Crippen molar-refractivity contribution in [2.45, 2.75) is 43.9 Å². The Hall–Kier alpha value is -1.70. The summed E-state index contributed by atoms with van der Waals surface area (Å²) in [5, 5.41) is 5.02. The quantitative estimate of drug-likeness (QED) is 0.744. The number of nitrogens with one attached hydrogen (secondary N) is 1. The third-order valence-corrected chi connectivity index (χ3v) is 8.11. The molecule has 0 atom stereocenters. The van der Waals surface area contributed by atoms with Crippen LogP contribution in [0.4, 0.5) is 0 Å². The lowest BCUT2D eigenvalue weighted by Gasteiger charge is -2.30. The van der Waals surface area contributed by atoms with Gasteiger partial charge in [0.2, 0.25) is 15.9 Å². The van der Waals surface area contributed by atoms with E-state index in [0.29, 0.717) is 43.3 Å². The molecule has 1 aliphatic rings. The first-order valence-electron chi connectivity index (χ1n) is 9.78. The highest BCUT2D eigenvalue weighted by Crippen LogP contribution is 2.25. The Balaban J connectivity index is 1.51. The van der Waals surface area contributed by atoms with Gasteiger partial charge in [0.1, 0.15) is 0 Å². The van der Waals surface area contributed by atoms with E-state index >= 15 is 0 Å². The van der Waals surface area contributed by atoms with E-state index in [1.807, 2.05) is 23.6 Å². The Morgan fingerprint density at radius 1 is 1.18 bits per heavy atom. The summed E-state index contributed by atoms with van der Waals surface area (Å²) in [5.74, 6) is 0.291. The lowest BCUT2D eigenvalue weighted by molar-refractivity contribution is -0.126. The fourth-order valence-corrected chi connectivity index (χ4v) is 5.62. The summed E-state index contributed by atoms with van der Waals surface area (Å²) >= 11 is 1.69. The molecule has 0 bridgehead atoms. The minimum absolute atomic E-state index is 0.0369. The number of sulfonamides is 1. The Morgan fingerprint density at radius 2 is 1.86 bits per heavy atom. The molecule has 0 radical (unpaired) electrons. The van der Waals surface area contributed by atoms with Gasteiger partial charge in [0.05, 0.1) is 4.90 Å². The highest BCUT2D eigenvalue weighted by atomic mass is 32.2. The number of carbonyl (C=O) groups is 1. The summed E-state index contributed by atoms with van der Waals surface area (Å²) < 4.78 is 27.3. The summed E-state index contributed by atoms with van der Waals surface area (Å²) in [4.78, 5) is 14.0. The Labute approximate surface area is 171 Å². The summed E-state index contributed by atoms with van der Waals surface area (Å²) in [6.07, 6.45) is 1.96. The van der Waals surface area contributed by atoms with E-state index in [0.717, 1.165) is 12.0 Å². The number of piperidine rings is 1. The van der Waals surface area contributed by atoms with E-state index < -0.39 is 10.0 Å². The molecule has 1 saturated heterocycles. The van der Waals surface area contributed by atoms with E-state index in [2.05, 4.69) is 25.2 Å². The molecule has 1 aromatic carbocycles. The summed E-state index contributed by atoms with van der Waals surface area (Å²) in [6.45, 7) is 5.56. The molecule has 0 spiro atoms. The van der Waals surface area contributed by atoms with E-state index in [-0.39, 0.29) is 11.8 Å². The minimum atomic E-state index is -3.50. The maximum atomic E-state index is 12.9. The van der Waals surface area contributed by atoms with E-state index in [1.54, 1.807) is 23.5 Å². The van der Waals surface area contributed by atoms with Crippen molar-refractivity contribution >= 4 is 27.3 Å². The van der Waals surface area contributed by atoms with Gasteiger partial charge < -0.3 is 5.32 Å². The van der Waals surface area contributed by atoms with Crippen molar-refractivity contribution in [3.05, 3.63) is 52.2 Å². The molecule has 1 fully saturated rings. The zero-order valence-corrected chi connectivity index (χ0v) is 18.1. The highest BCUT2D eigenvalue weighted by Gasteiger charge is 2.32. The molecule has 7 heteroatoms. The molecule has 2 aromatic rings. The van der Waals surface area contributed by atoms with Crippen molar-refractivity contribution < 1.29 is 13.2 Å². The topological polar surface area (TPSA) is 66.5 Å². The SMILES string of the molecule is CC(C)c1ccc(S(=O)(=O)N2CCC(C(=O)NCCc3cccs3)CC2)cc1. The van der Waals surface area contributed by atoms with Gasteiger partial charge in [0, 0.05) is 30.4 Å². The molecule has 28 heavy (non-hydrogen) atoms. The van der Waals surface area contributed by atoms with Crippen LogP contribution in [0.25, 0.3) is 0 Å². The van der Waals surface area contributed by atoms with Gasteiger partial charge in [-0.3, -0.25) is 4.79 Å². The van der Waals surface area contributed by atoms with Crippen LogP contribution >= 0.6 is 11.3 Å². The molecule has 0 unspecified atom stereocenters. The minimum Gasteiger partial charge on any atom is -0.355 e. The number of benzene rings is 1. The standard InChI is InChI=1S/C21H28N2O3S2/c1-16(2)17-5-7-20(8-6-17)28(25,26)23-13-10-18(11-14-23)21(24)22-12-9-19-4-3-15-27-19/h3-8,15-16,18H,9-14H2,1-2H3,(H,22,24). The third-order valence-electron chi connectivity index (χ3n) is 5.26. The molecular formula is C21H28N2O3S2. The van der Waals surface area contributed by atoms with Gasteiger partial charge in [0.15, 0.2) is 0 Å². The van der Waals surface area contributed by atoms with Crippen molar-refractivity contribution in [1.29, 1.82) is 0 Å². The first-order valence-corrected chi connectivity index (χ1v) is 12.1. The summed E-state index contributed by atoms with van der Waals surface area (Å²) in [7, 11) is -3.50. The second-order valence-corrected chi connectivity index (χ2v) is 10.5. The molecule has 0 aliphatic carbocycles. The van der Waals surface area contributed by atoms with Gasteiger partial charge in [-0.15, -0.1) is 11.3 Å². The smallest absolute Gasteiger partial charge is 0.243 e. The second-order valence-electron chi connectivity index (χ2n) is 7.52. The van der Waals surface area contributed by atoms with E-state index in [1.165, 1.54) is 9.18 Å². The van der Waals surface area contributed by atoms with Crippen LogP contribution in [0.2, 0.25) is 0 Å². The molecule has 5 nitrogen and oxygen atoms in total. The maximum absolute atomic E-state index is 12.9. The Morgan fingerprint density at radius 3 is 2.43 bits per heavy atom. The van der Waals surface area contributed by atoms with Gasteiger partial charge in [-0.05, 0) is 54.3 Å². The van der Waals surface area contributed by atoms with E-state index in [4.69, 9.17) is 0 Å². The number of thiophene rings is 1. The normalized spacial score (nSPS) is 16.4. The Bertz CT molecular complexity index is 867. The Kier molecular flexibility index (Phi) is 6.91. The fraction of sp³-hybridized carbons (Fsp3) is 0.476. The second kappa shape index (κ2) is 9.20. The third kappa shape index (κ3) is 5.01. The first-order chi connectivity index (χ1) is 13.4. The van der Waals surface area contributed by atoms with Crippen LogP contribution in [-0.4, -0.2) is 38.3 Å². The van der Waals surface area contributed by atoms with Gasteiger partial charge in [-0.1, -0.05) is 32.0 Å². The van der Waals surface area contributed by atoms with Gasteiger partial charge in [-0.2, -0.15) is 4.31 Å². The summed E-state index contributed by atoms with van der Waals surface area (Å²) in [6, 6.07) is 11.2. The zero-order valence-electron chi connectivity index (χ0n) is 16.4. The van der Waals surface area contributed by atoms with Crippen LogP contribution < -0.4 is 5.32 Å². The van der Waals surface area contributed by atoms with Crippen LogP contribution in [0.15, 0.2) is 46.7 Å². The number of rotatable bonds is 7. The van der Waals surface area contributed by atoms with Gasteiger partial charge in [0.25, 0.3) is 0 Å². The van der Waals surface area contributed by atoms with Gasteiger partial charge >= 0.3 is 0 Å². The lowest BCUT2D eigenvalue weighted by Crippen LogP contribution is -2.43. The number of carbonyl (C=O) groups excluding carboxylic acids is 1. The zero-order chi connectivity index (χ0) is 20.1. The van der Waals surface area contributed by atoms with Gasteiger partial charge in [-0.25, -0.2) is 8.42 Å². The molecule has 0 saturated carbocycles. The van der Waals surface area contributed by atoms with Crippen LogP contribution in [0, 0.1) is 5.92 Å². The number of nitrogens with zero attached hydrogens (tertiary/aromatic N) is 1. The largest absolute Gasteiger partial charge is 0.355 e. The van der Waals surface area contributed by atoms with Crippen molar-refractivity contribution in [2.24, 2.45) is 5.92 Å². The van der Waals surface area contributed by atoms with Crippen molar-refractivity contribution in [2.75, 3.05) is 19.6 Å². The van der Waals surface area contributed by atoms with Crippen molar-refractivity contribution in [3.63, 3.8) is 0 Å². The predicted octanol–water partition coefficient (Wildman–Crippen LogP) is 3.63. The van der Waals surface area contributed by atoms with Crippen LogP contribution in [-0.2, 0) is 21.2 Å².